The van der Waals surface area contributed by atoms with Gasteiger partial charge in [-0.15, -0.1) is 0 Å². The predicted octanol–water partition coefficient (Wildman–Crippen LogP) is 2.11. The number of nitrogens with zero attached hydrogens (tertiary/aromatic N) is 2. The van der Waals surface area contributed by atoms with Gasteiger partial charge in [-0.3, -0.25) is 4.79 Å². The van der Waals surface area contributed by atoms with E-state index in [1.165, 1.54) is 4.90 Å². The topological polar surface area (TPSA) is 45.5 Å². The molecule has 1 heterocycles. The zero-order chi connectivity index (χ0) is 13.2. The lowest BCUT2D eigenvalue weighted by Gasteiger charge is -2.25. The summed E-state index contributed by atoms with van der Waals surface area (Å²) in [6, 6.07) is 1.80. The summed E-state index contributed by atoms with van der Waals surface area (Å²) in [5.41, 5.74) is -0.253. The van der Waals surface area contributed by atoms with Crippen LogP contribution in [0.3, 0.4) is 0 Å². The highest BCUT2D eigenvalue weighted by Gasteiger charge is 2.22. The number of carbonyl (C=O) groups is 1. The molecule has 17 heavy (non-hydrogen) atoms. The molecular formula is C12H19BrN2O2. The van der Waals surface area contributed by atoms with E-state index < -0.39 is 5.60 Å². The van der Waals surface area contributed by atoms with Crippen molar-refractivity contribution >= 4 is 21.8 Å². The first-order chi connectivity index (χ1) is 7.74. The summed E-state index contributed by atoms with van der Waals surface area (Å²) >= 11 is 3.36. The second-order valence-corrected chi connectivity index (χ2v) is 5.72. The number of aromatic nitrogens is 1. The number of hydrogen-bond donors (Lipinski definition) is 1. The van der Waals surface area contributed by atoms with Crippen molar-refractivity contribution in [2.75, 3.05) is 13.6 Å². The van der Waals surface area contributed by atoms with E-state index in [9.17, 15) is 9.90 Å². The van der Waals surface area contributed by atoms with Crippen LogP contribution >= 0.6 is 15.9 Å². The van der Waals surface area contributed by atoms with Crippen molar-refractivity contribution in [2.45, 2.75) is 32.9 Å². The van der Waals surface area contributed by atoms with E-state index in [4.69, 9.17) is 0 Å². The fraction of sp³-hybridized carbons (Fsp3) is 0.583. The zero-order valence-corrected chi connectivity index (χ0v) is 12.3. The summed E-state index contributed by atoms with van der Waals surface area (Å²) < 4.78 is 2.77. The predicted molar refractivity (Wildman–Crippen MR) is 71.1 cm³/mol. The molecule has 96 valence electrons. The van der Waals surface area contributed by atoms with E-state index in [0.29, 0.717) is 12.2 Å². The highest BCUT2D eigenvalue weighted by Crippen LogP contribution is 2.17. The first kappa shape index (κ1) is 14.3. The van der Waals surface area contributed by atoms with Crippen LogP contribution < -0.4 is 0 Å². The molecule has 0 unspecified atom stereocenters. The molecular weight excluding hydrogens is 284 g/mol. The summed E-state index contributed by atoms with van der Waals surface area (Å²) in [6.07, 6.45) is 1.88. The number of likely N-dealkylation sites (N-methyl/N-ethyl adjacent to an activating group) is 1. The quantitative estimate of drug-likeness (QED) is 0.926. The molecule has 0 radical (unpaired) electrons. The van der Waals surface area contributed by atoms with Gasteiger partial charge in [-0.05, 0) is 42.8 Å². The number of amides is 1. The van der Waals surface area contributed by atoms with Crippen molar-refractivity contribution in [1.29, 1.82) is 0 Å². The Hall–Kier alpha value is -0.810. The van der Waals surface area contributed by atoms with Gasteiger partial charge in [0, 0.05) is 30.8 Å². The molecule has 4 nitrogen and oxygen atoms in total. The first-order valence-electron chi connectivity index (χ1n) is 5.58. The van der Waals surface area contributed by atoms with Gasteiger partial charge in [0.25, 0.3) is 5.91 Å². The van der Waals surface area contributed by atoms with Crippen LogP contribution in [0.15, 0.2) is 16.7 Å². The molecule has 0 aliphatic heterocycles. The minimum Gasteiger partial charge on any atom is -0.389 e. The van der Waals surface area contributed by atoms with Gasteiger partial charge in [0.1, 0.15) is 5.69 Å². The van der Waals surface area contributed by atoms with Crippen LogP contribution in [0.5, 0.6) is 0 Å². The fourth-order valence-electron chi connectivity index (χ4n) is 1.76. The molecule has 0 aromatic carbocycles. The molecule has 5 heteroatoms. The molecule has 1 N–H and O–H groups in total. The van der Waals surface area contributed by atoms with Crippen LogP contribution in [-0.2, 0) is 6.54 Å². The van der Waals surface area contributed by atoms with Crippen LogP contribution in [0.1, 0.15) is 31.3 Å². The lowest BCUT2D eigenvalue weighted by Crippen LogP contribution is -2.40. The largest absolute Gasteiger partial charge is 0.389 e. The SMILES string of the molecule is CCn1cc(Br)cc1C(=O)N(C)CC(C)(C)O. The summed E-state index contributed by atoms with van der Waals surface area (Å²) in [6.45, 7) is 6.40. The third-order valence-electron chi connectivity index (χ3n) is 2.39. The van der Waals surface area contributed by atoms with Crippen molar-refractivity contribution in [1.82, 2.24) is 9.47 Å². The number of aliphatic hydroxyl groups is 1. The van der Waals surface area contributed by atoms with Gasteiger partial charge in [-0.25, -0.2) is 0 Å². The monoisotopic (exact) mass is 302 g/mol. The van der Waals surface area contributed by atoms with Gasteiger partial charge in [0.05, 0.1) is 5.60 Å². The summed E-state index contributed by atoms with van der Waals surface area (Å²) in [7, 11) is 1.70. The van der Waals surface area contributed by atoms with E-state index in [1.807, 2.05) is 17.7 Å². The lowest BCUT2D eigenvalue weighted by atomic mass is 10.1. The number of rotatable bonds is 4. The van der Waals surface area contributed by atoms with Gasteiger partial charge in [-0.2, -0.15) is 0 Å². The number of halogens is 1. The van der Waals surface area contributed by atoms with Crippen LogP contribution in [0, 0.1) is 0 Å². The fourth-order valence-corrected chi connectivity index (χ4v) is 2.23. The van der Waals surface area contributed by atoms with Crippen LogP contribution in [-0.4, -0.2) is 39.7 Å². The van der Waals surface area contributed by atoms with Gasteiger partial charge < -0.3 is 14.6 Å². The van der Waals surface area contributed by atoms with E-state index in [-0.39, 0.29) is 5.91 Å². The molecule has 0 bridgehead atoms. The molecule has 1 rings (SSSR count). The van der Waals surface area contributed by atoms with Crippen LogP contribution in [0.25, 0.3) is 0 Å². The van der Waals surface area contributed by atoms with Gasteiger partial charge >= 0.3 is 0 Å². The Morgan fingerprint density at radius 2 is 2.18 bits per heavy atom. The second kappa shape index (κ2) is 5.23. The molecule has 1 amide bonds. The smallest absolute Gasteiger partial charge is 0.270 e. The standard InChI is InChI=1S/C12H19BrN2O2/c1-5-15-7-9(13)6-10(15)11(16)14(4)8-12(2,3)17/h6-7,17H,5,8H2,1-4H3. The maximum absolute atomic E-state index is 12.2. The van der Waals surface area contributed by atoms with Crippen molar-refractivity contribution in [3.05, 3.63) is 22.4 Å². The molecule has 0 atom stereocenters. The van der Waals surface area contributed by atoms with Crippen molar-refractivity contribution in [3.8, 4) is 0 Å². The van der Waals surface area contributed by atoms with Crippen molar-refractivity contribution in [3.63, 3.8) is 0 Å². The molecule has 0 fully saturated rings. The lowest BCUT2D eigenvalue weighted by molar-refractivity contribution is 0.0362. The van der Waals surface area contributed by atoms with Gasteiger partial charge in [-0.1, -0.05) is 0 Å². The van der Waals surface area contributed by atoms with E-state index in [2.05, 4.69) is 15.9 Å². The maximum Gasteiger partial charge on any atom is 0.270 e. The van der Waals surface area contributed by atoms with E-state index in [1.54, 1.807) is 27.0 Å². The first-order valence-corrected chi connectivity index (χ1v) is 6.37. The summed E-state index contributed by atoms with van der Waals surface area (Å²) in [5.74, 6) is -0.0836. The van der Waals surface area contributed by atoms with Crippen molar-refractivity contribution < 1.29 is 9.90 Å². The molecule has 0 saturated carbocycles. The molecule has 1 aromatic rings. The zero-order valence-electron chi connectivity index (χ0n) is 10.7. The molecule has 0 aliphatic carbocycles. The molecule has 1 aromatic heterocycles. The minimum absolute atomic E-state index is 0.0836. The normalized spacial score (nSPS) is 11.6. The highest BCUT2D eigenvalue weighted by atomic mass is 79.9. The van der Waals surface area contributed by atoms with Crippen LogP contribution in [0.2, 0.25) is 0 Å². The van der Waals surface area contributed by atoms with Gasteiger partial charge in [0.2, 0.25) is 0 Å². The highest BCUT2D eigenvalue weighted by molar-refractivity contribution is 9.10. The van der Waals surface area contributed by atoms with E-state index >= 15 is 0 Å². The Balaban J connectivity index is 2.88. The Bertz CT molecular complexity index is 407. The number of carbonyl (C=O) groups excluding carboxylic acids is 1. The maximum atomic E-state index is 12.2. The minimum atomic E-state index is -0.884. The average molecular weight is 303 g/mol. The molecule has 0 saturated heterocycles. The Morgan fingerprint density at radius 1 is 1.59 bits per heavy atom. The molecule has 0 spiro atoms. The summed E-state index contributed by atoms with van der Waals surface area (Å²) in [5, 5.41) is 9.71. The second-order valence-electron chi connectivity index (χ2n) is 4.80. The summed E-state index contributed by atoms with van der Waals surface area (Å²) in [4.78, 5) is 13.7. The number of hydrogen-bond acceptors (Lipinski definition) is 2. The Labute approximate surface area is 110 Å². The van der Waals surface area contributed by atoms with Crippen LogP contribution in [0.4, 0.5) is 0 Å². The number of aryl methyl sites for hydroxylation is 1. The third-order valence-corrected chi connectivity index (χ3v) is 2.83. The van der Waals surface area contributed by atoms with Crippen molar-refractivity contribution in [2.24, 2.45) is 0 Å². The van der Waals surface area contributed by atoms with Gasteiger partial charge in [0.15, 0.2) is 0 Å². The average Bonchev–Trinajstić information content (AvgIpc) is 2.55. The van der Waals surface area contributed by atoms with E-state index in [0.717, 1.165) is 11.0 Å². The Kier molecular flexibility index (Phi) is 4.38. The molecule has 0 aliphatic rings. The third kappa shape index (κ3) is 3.85. The Morgan fingerprint density at radius 3 is 2.65 bits per heavy atom.